The molecular weight excluding hydrogens is 434 g/mol. The second-order valence-electron chi connectivity index (χ2n) is 6.35. The zero-order valence-corrected chi connectivity index (χ0v) is 15.9. The van der Waals surface area contributed by atoms with E-state index in [0.29, 0.717) is 6.07 Å². The largest absolute Gasteiger partial charge is 0.435 e. The van der Waals surface area contributed by atoms with E-state index in [1.54, 1.807) is 6.92 Å². The van der Waals surface area contributed by atoms with E-state index >= 15 is 0 Å². The SMILES string of the molecule is CCC(NC(=O)c1cc(C(F)(F)F)nn1C)c1nc(-c2ccnc(C(F)(F)F)c2)no1. The summed E-state index contributed by atoms with van der Waals surface area (Å²) < 4.78 is 82.7. The number of nitrogens with zero attached hydrogens (tertiary/aromatic N) is 5. The van der Waals surface area contributed by atoms with Crippen LogP contribution in [0.5, 0.6) is 0 Å². The highest BCUT2D eigenvalue weighted by molar-refractivity contribution is 5.92. The maximum absolute atomic E-state index is 12.8. The summed E-state index contributed by atoms with van der Waals surface area (Å²) in [6.07, 6.45) is -8.24. The van der Waals surface area contributed by atoms with Crippen LogP contribution in [-0.4, -0.2) is 30.8 Å². The van der Waals surface area contributed by atoms with Gasteiger partial charge in [-0.1, -0.05) is 12.1 Å². The molecule has 1 N–H and O–H groups in total. The van der Waals surface area contributed by atoms with Crippen LogP contribution in [0.25, 0.3) is 11.4 Å². The highest BCUT2D eigenvalue weighted by Gasteiger charge is 2.36. The number of pyridine rings is 1. The van der Waals surface area contributed by atoms with Gasteiger partial charge in [-0.25, -0.2) is 0 Å². The van der Waals surface area contributed by atoms with Crippen molar-refractivity contribution in [2.75, 3.05) is 0 Å². The molecule has 3 heterocycles. The predicted octanol–water partition coefficient (Wildman–Crippen LogP) is 3.78. The molecular formula is C17H14F6N6O2. The molecule has 3 rings (SSSR count). The van der Waals surface area contributed by atoms with Crippen molar-refractivity contribution in [1.29, 1.82) is 0 Å². The Morgan fingerprint density at radius 1 is 1.16 bits per heavy atom. The fourth-order valence-electron chi connectivity index (χ4n) is 2.61. The van der Waals surface area contributed by atoms with Crippen LogP contribution in [0.3, 0.4) is 0 Å². The van der Waals surface area contributed by atoms with Gasteiger partial charge in [0.15, 0.2) is 5.69 Å². The van der Waals surface area contributed by atoms with E-state index in [4.69, 9.17) is 4.52 Å². The van der Waals surface area contributed by atoms with Crippen molar-refractivity contribution in [3.63, 3.8) is 0 Å². The summed E-state index contributed by atoms with van der Waals surface area (Å²) in [4.78, 5) is 19.7. The molecule has 3 aromatic heterocycles. The number of nitrogens with one attached hydrogen (secondary N) is 1. The molecule has 0 aliphatic carbocycles. The molecule has 0 radical (unpaired) electrons. The fraction of sp³-hybridized carbons (Fsp3) is 0.353. The second-order valence-corrected chi connectivity index (χ2v) is 6.35. The molecule has 0 aliphatic rings. The Bertz CT molecular complexity index is 1090. The summed E-state index contributed by atoms with van der Waals surface area (Å²) in [6, 6.07) is 1.68. The fourth-order valence-corrected chi connectivity index (χ4v) is 2.61. The maximum Gasteiger partial charge on any atom is 0.435 e. The zero-order valence-electron chi connectivity index (χ0n) is 15.9. The molecule has 0 aromatic carbocycles. The Balaban J connectivity index is 1.81. The molecule has 0 saturated heterocycles. The highest BCUT2D eigenvalue weighted by Crippen LogP contribution is 2.31. The molecule has 31 heavy (non-hydrogen) atoms. The van der Waals surface area contributed by atoms with Crippen LogP contribution in [0, 0.1) is 0 Å². The molecule has 0 saturated carbocycles. The van der Waals surface area contributed by atoms with Crippen molar-refractivity contribution >= 4 is 5.91 Å². The van der Waals surface area contributed by atoms with Crippen LogP contribution in [-0.2, 0) is 19.4 Å². The van der Waals surface area contributed by atoms with E-state index in [-0.39, 0.29) is 29.4 Å². The number of aromatic nitrogens is 5. The smallest absolute Gasteiger partial charge is 0.339 e. The number of halogens is 6. The van der Waals surface area contributed by atoms with E-state index in [0.717, 1.165) is 16.9 Å². The van der Waals surface area contributed by atoms with Crippen LogP contribution >= 0.6 is 0 Å². The topological polar surface area (TPSA) is 98.7 Å². The van der Waals surface area contributed by atoms with Crippen LogP contribution in [0.1, 0.15) is 47.2 Å². The van der Waals surface area contributed by atoms with E-state index < -0.39 is 35.7 Å². The Morgan fingerprint density at radius 2 is 1.84 bits per heavy atom. The summed E-state index contributed by atoms with van der Waals surface area (Å²) >= 11 is 0. The van der Waals surface area contributed by atoms with Gasteiger partial charge in [0.1, 0.15) is 17.4 Å². The first-order chi connectivity index (χ1) is 14.4. The van der Waals surface area contributed by atoms with Gasteiger partial charge >= 0.3 is 12.4 Å². The summed E-state index contributed by atoms with van der Waals surface area (Å²) in [5.74, 6) is -1.18. The molecule has 1 unspecified atom stereocenters. The number of aryl methyl sites for hydroxylation is 1. The van der Waals surface area contributed by atoms with Crippen molar-refractivity contribution in [2.45, 2.75) is 31.7 Å². The molecule has 8 nitrogen and oxygen atoms in total. The first-order valence-electron chi connectivity index (χ1n) is 8.69. The van der Waals surface area contributed by atoms with Crippen molar-refractivity contribution < 1.29 is 35.7 Å². The lowest BCUT2D eigenvalue weighted by molar-refractivity contribution is -0.142. The number of hydrogen-bond acceptors (Lipinski definition) is 6. The van der Waals surface area contributed by atoms with Gasteiger partial charge in [-0.15, -0.1) is 0 Å². The zero-order chi connectivity index (χ0) is 23.0. The Kier molecular flexibility index (Phi) is 5.74. The van der Waals surface area contributed by atoms with Gasteiger partial charge in [0, 0.05) is 24.9 Å². The predicted molar refractivity (Wildman–Crippen MR) is 91.2 cm³/mol. The second kappa shape index (κ2) is 8.00. The molecule has 0 spiro atoms. The van der Waals surface area contributed by atoms with E-state index in [1.807, 2.05) is 0 Å². The van der Waals surface area contributed by atoms with Crippen LogP contribution in [0.4, 0.5) is 26.3 Å². The third-order valence-electron chi connectivity index (χ3n) is 4.16. The van der Waals surface area contributed by atoms with Gasteiger partial charge in [-0.05, 0) is 18.6 Å². The number of hydrogen-bond donors (Lipinski definition) is 1. The van der Waals surface area contributed by atoms with Gasteiger partial charge in [0.25, 0.3) is 5.91 Å². The van der Waals surface area contributed by atoms with E-state index in [1.165, 1.54) is 13.1 Å². The first kappa shape index (κ1) is 22.2. The summed E-state index contributed by atoms with van der Waals surface area (Å²) in [7, 11) is 1.18. The molecule has 3 aromatic rings. The van der Waals surface area contributed by atoms with Crippen molar-refractivity contribution in [1.82, 2.24) is 30.2 Å². The average Bonchev–Trinajstić information content (AvgIpc) is 3.32. The number of alkyl halides is 6. The van der Waals surface area contributed by atoms with Crippen LogP contribution in [0.15, 0.2) is 28.9 Å². The molecule has 0 aliphatic heterocycles. The highest BCUT2D eigenvalue weighted by atomic mass is 19.4. The van der Waals surface area contributed by atoms with Gasteiger partial charge in [0.05, 0.1) is 0 Å². The van der Waals surface area contributed by atoms with Gasteiger partial charge < -0.3 is 9.84 Å². The lowest BCUT2D eigenvalue weighted by atomic mass is 10.2. The van der Waals surface area contributed by atoms with Crippen molar-refractivity contribution in [3.8, 4) is 11.4 Å². The van der Waals surface area contributed by atoms with E-state index in [2.05, 4.69) is 25.5 Å². The van der Waals surface area contributed by atoms with Crippen LogP contribution < -0.4 is 5.32 Å². The molecule has 0 fully saturated rings. The molecule has 0 bridgehead atoms. The normalized spacial score (nSPS) is 13.3. The molecule has 14 heteroatoms. The lowest BCUT2D eigenvalue weighted by Gasteiger charge is -2.12. The minimum Gasteiger partial charge on any atom is -0.339 e. The average molecular weight is 448 g/mol. The van der Waals surface area contributed by atoms with Crippen molar-refractivity contribution in [3.05, 3.63) is 47.4 Å². The first-order valence-corrected chi connectivity index (χ1v) is 8.69. The molecule has 166 valence electrons. The minimum atomic E-state index is -4.72. The number of carbonyl (C=O) groups is 1. The Morgan fingerprint density at radius 3 is 2.42 bits per heavy atom. The molecule has 1 atom stereocenters. The summed E-state index contributed by atoms with van der Waals surface area (Å²) in [6.45, 7) is 1.63. The van der Waals surface area contributed by atoms with Crippen LogP contribution in [0.2, 0.25) is 0 Å². The maximum atomic E-state index is 12.8. The number of rotatable bonds is 5. The third kappa shape index (κ3) is 4.83. The number of amides is 1. The Hall–Kier alpha value is -3.45. The monoisotopic (exact) mass is 448 g/mol. The van der Waals surface area contributed by atoms with Gasteiger partial charge in [-0.3, -0.25) is 14.5 Å². The lowest BCUT2D eigenvalue weighted by Crippen LogP contribution is -2.30. The summed E-state index contributed by atoms with van der Waals surface area (Å²) in [5, 5.41) is 9.33. The molecule has 1 amide bonds. The minimum absolute atomic E-state index is 0.0139. The summed E-state index contributed by atoms with van der Waals surface area (Å²) in [5.41, 5.74) is -2.74. The quantitative estimate of drug-likeness (QED) is 0.597. The standard InChI is InChI=1S/C17H14F6N6O2/c1-3-9(25-14(30)10-7-12(17(21,22)23)27-29(10)2)15-26-13(28-31-15)8-4-5-24-11(6-8)16(18,19)20/h4-7,9H,3H2,1-2H3,(H,25,30). The van der Waals surface area contributed by atoms with Gasteiger partial charge in [0.2, 0.25) is 11.7 Å². The van der Waals surface area contributed by atoms with Gasteiger partial charge in [-0.2, -0.15) is 36.4 Å². The van der Waals surface area contributed by atoms with Crippen molar-refractivity contribution in [2.24, 2.45) is 7.05 Å². The van der Waals surface area contributed by atoms with E-state index in [9.17, 15) is 31.1 Å². The Labute approximate surface area is 170 Å². The number of carbonyl (C=O) groups excluding carboxylic acids is 1. The third-order valence-corrected chi connectivity index (χ3v) is 4.16.